The third-order valence-corrected chi connectivity index (χ3v) is 4.42. The molecule has 112 valence electrons. The molecule has 0 heterocycles. The van der Waals surface area contributed by atoms with Crippen LogP contribution >= 0.6 is 38.5 Å². The summed E-state index contributed by atoms with van der Waals surface area (Å²) in [7, 11) is 3.19. The van der Waals surface area contributed by atoms with Crippen LogP contribution in [0.5, 0.6) is 11.5 Å². The van der Waals surface area contributed by atoms with Crippen LogP contribution in [0, 0.1) is 14.9 Å². The second kappa shape index (κ2) is 7.65. The summed E-state index contributed by atoms with van der Waals surface area (Å²) in [5, 5.41) is 9.45. The Kier molecular flexibility index (Phi) is 5.86. The van der Waals surface area contributed by atoms with E-state index in [0.29, 0.717) is 17.1 Å². The molecule has 0 radical (unpaired) electrons. The molecule has 0 saturated carbocycles. The minimum atomic E-state index is 0.576. The molecule has 2 rings (SSSR count). The van der Waals surface area contributed by atoms with Gasteiger partial charge in [0.05, 0.1) is 30.3 Å². The Morgan fingerprint density at radius 1 is 1.14 bits per heavy atom. The summed E-state index contributed by atoms with van der Waals surface area (Å²) in [5.41, 5.74) is 2.26. The van der Waals surface area contributed by atoms with Crippen molar-refractivity contribution in [3.8, 4) is 17.6 Å². The van der Waals surface area contributed by atoms with Crippen molar-refractivity contribution in [2.75, 3.05) is 14.2 Å². The number of hydrogen-bond acceptors (Lipinski definition) is 3. The van der Waals surface area contributed by atoms with E-state index in [4.69, 9.17) is 9.47 Å². The highest BCUT2D eigenvalue weighted by Gasteiger charge is 2.10. The van der Waals surface area contributed by atoms with E-state index in [0.717, 1.165) is 19.2 Å². The molecule has 0 unspecified atom stereocenters. The molecule has 5 heteroatoms. The lowest BCUT2D eigenvalue weighted by Gasteiger charge is -2.10. The standard InChI is InChI=1S/C17H13BrINO2/c1-21-16-9-17(22-2)15(18)8-12(16)7-13(10-20)11-3-5-14(19)6-4-11/h3-9H,1-2H3/b13-7-. The summed E-state index contributed by atoms with van der Waals surface area (Å²) in [6.45, 7) is 0. The molecule has 0 atom stereocenters. The average molecular weight is 470 g/mol. The van der Waals surface area contributed by atoms with Crippen LogP contribution in [-0.4, -0.2) is 14.2 Å². The third-order valence-electron chi connectivity index (χ3n) is 3.08. The maximum Gasteiger partial charge on any atom is 0.136 e. The molecular weight excluding hydrogens is 457 g/mol. The van der Waals surface area contributed by atoms with Crippen molar-refractivity contribution in [2.45, 2.75) is 0 Å². The first-order valence-corrected chi connectivity index (χ1v) is 8.25. The predicted molar refractivity (Wildman–Crippen MR) is 99.9 cm³/mol. The Bertz CT molecular complexity index is 748. The van der Waals surface area contributed by atoms with Crippen LogP contribution in [-0.2, 0) is 0 Å². The van der Waals surface area contributed by atoms with E-state index in [-0.39, 0.29) is 0 Å². The monoisotopic (exact) mass is 469 g/mol. The average Bonchev–Trinajstić information content (AvgIpc) is 2.53. The smallest absolute Gasteiger partial charge is 0.136 e. The maximum absolute atomic E-state index is 9.45. The van der Waals surface area contributed by atoms with Gasteiger partial charge >= 0.3 is 0 Å². The number of methoxy groups -OCH3 is 2. The number of allylic oxidation sites excluding steroid dienone is 1. The normalized spacial score (nSPS) is 11.0. The number of nitrogens with zero attached hydrogens (tertiary/aromatic N) is 1. The van der Waals surface area contributed by atoms with Gasteiger partial charge < -0.3 is 9.47 Å². The van der Waals surface area contributed by atoms with Crippen molar-refractivity contribution < 1.29 is 9.47 Å². The largest absolute Gasteiger partial charge is 0.496 e. The molecule has 0 spiro atoms. The third kappa shape index (κ3) is 3.81. The van der Waals surface area contributed by atoms with E-state index in [9.17, 15) is 5.26 Å². The number of benzene rings is 2. The Labute approximate surface area is 151 Å². The quantitative estimate of drug-likeness (QED) is 0.354. The van der Waals surface area contributed by atoms with Gasteiger partial charge in [-0.1, -0.05) is 12.1 Å². The molecule has 0 N–H and O–H groups in total. The molecule has 2 aromatic carbocycles. The van der Waals surface area contributed by atoms with Crippen LogP contribution in [0.2, 0.25) is 0 Å². The van der Waals surface area contributed by atoms with Crippen LogP contribution < -0.4 is 9.47 Å². The van der Waals surface area contributed by atoms with Crippen LogP contribution in [0.15, 0.2) is 40.9 Å². The molecule has 0 fully saturated rings. The van der Waals surface area contributed by atoms with Crippen LogP contribution in [0.4, 0.5) is 0 Å². The van der Waals surface area contributed by atoms with Gasteiger partial charge in [-0.15, -0.1) is 0 Å². The van der Waals surface area contributed by atoms with Gasteiger partial charge in [0.1, 0.15) is 11.5 Å². The lowest BCUT2D eigenvalue weighted by atomic mass is 10.0. The highest BCUT2D eigenvalue weighted by molar-refractivity contribution is 14.1. The van der Waals surface area contributed by atoms with Gasteiger partial charge in [0.2, 0.25) is 0 Å². The van der Waals surface area contributed by atoms with Gasteiger partial charge in [0.25, 0.3) is 0 Å². The van der Waals surface area contributed by atoms with E-state index in [1.54, 1.807) is 20.3 Å². The van der Waals surface area contributed by atoms with Crippen LogP contribution in [0.25, 0.3) is 11.6 Å². The summed E-state index contributed by atoms with van der Waals surface area (Å²) >= 11 is 5.69. The Morgan fingerprint density at radius 3 is 2.32 bits per heavy atom. The molecule has 3 nitrogen and oxygen atoms in total. The molecule has 0 bridgehead atoms. The van der Waals surface area contributed by atoms with Gasteiger partial charge in [0, 0.05) is 15.2 Å². The first-order valence-electron chi connectivity index (χ1n) is 6.38. The highest BCUT2D eigenvalue weighted by atomic mass is 127. The number of ether oxygens (including phenoxy) is 2. The molecular formula is C17H13BrINO2. The summed E-state index contributed by atoms with van der Waals surface area (Å²) in [6, 6.07) is 13.7. The summed E-state index contributed by atoms with van der Waals surface area (Å²) in [5.74, 6) is 1.33. The van der Waals surface area contributed by atoms with E-state index in [1.807, 2.05) is 36.4 Å². The van der Waals surface area contributed by atoms with Gasteiger partial charge in [-0.05, 0) is 68.4 Å². The molecule has 0 aliphatic rings. The van der Waals surface area contributed by atoms with Crippen molar-refractivity contribution in [1.82, 2.24) is 0 Å². The minimum absolute atomic E-state index is 0.576. The molecule has 0 aromatic heterocycles. The first-order chi connectivity index (χ1) is 10.6. The predicted octanol–water partition coefficient (Wildman–Crippen LogP) is 5.14. The first kappa shape index (κ1) is 16.8. The lowest BCUT2D eigenvalue weighted by molar-refractivity contribution is 0.392. The van der Waals surface area contributed by atoms with Crippen LogP contribution in [0.1, 0.15) is 11.1 Å². The molecule has 0 saturated heterocycles. The van der Waals surface area contributed by atoms with Gasteiger partial charge in [0.15, 0.2) is 0 Å². The molecule has 22 heavy (non-hydrogen) atoms. The fourth-order valence-corrected chi connectivity index (χ4v) is 2.84. The minimum Gasteiger partial charge on any atom is -0.496 e. The van der Waals surface area contributed by atoms with Gasteiger partial charge in [-0.2, -0.15) is 5.26 Å². The van der Waals surface area contributed by atoms with E-state index >= 15 is 0 Å². The lowest BCUT2D eigenvalue weighted by Crippen LogP contribution is -1.92. The Hall–Kier alpha value is -1.52. The van der Waals surface area contributed by atoms with E-state index in [1.165, 1.54) is 0 Å². The second-order valence-corrected chi connectivity index (χ2v) is 6.51. The molecule has 0 aliphatic carbocycles. The zero-order valence-electron chi connectivity index (χ0n) is 12.1. The second-order valence-electron chi connectivity index (χ2n) is 4.41. The highest BCUT2D eigenvalue weighted by Crippen LogP contribution is 2.34. The zero-order valence-corrected chi connectivity index (χ0v) is 15.8. The fourth-order valence-electron chi connectivity index (χ4n) is 1.96. The molecule has 0 amide bonds. The fraction of sp³-hybridized carbons (Fsp3) is 0.118. The summed E-state index contributed by atoms with van der Waals surface area (Å²) < 4.78 is 12.6. The Balaban J connectivity index is 2.52. The van der Waals surface area contributed by atoms with Crippen molar-refractivity contribution in [3.63, 3.8) is 0 Å². The molecule has 2 aromatic rings. The van der Waals surface area contributed by atoms with E-state index < -0.39 is 0 Å². The van der Waals surface area contributed by atoms with Gasteiger partial charge in [-0.3, -0.25) is 0 Å². The number of halogens is 2. The SMILES string of the molecule is COc1cc(OC)c(/C=C(/C#N)c2ccc(I)cc2)cc1Br. The maximum atomic E-state index is 9.45. The number of hydrogen-bond donors (Lipinski definition) is 0. The van der Waals surface area contributed by atoms with Crippen molar-refractivity contribution >= 4 is 50.2 Å². The number of rotatable bonds is 4. The number of nitriles is 1. The molecule has 0 aliphatic heterocycles. The zero-order chi connectivity index (χ0) is 16.1. The van der Waals surface area contributed by atoms with E-state index in [2.05, 4.69) is 44.6 Å². The van der Waals surface area contributed by atoms with Crippen molar-refractivity contribution in [1.29, 1.82) is 5.26 Å². The Morgan fingerprint density at radius 2 is 1.77 bits per heavy atom. The van der Waals surface area contributed by atoms with Crippen molar-refractivity contribution in [3.05, 3.63) is 55.6 Å². The van der Waals surface area contributed by atoms with Crippen LogP contribution in [0.3, 0.4) is 0 Å². The summed E-state index contributed by atoms with van der Waals surface area (Å²) in [6.07, 6.45) is 1.81. The van der Waals surface area contributed by atoms with Crippen molar-refractivity contribution in [2.24, 2.45) is 0 Å². The summed E-state index contributed by atoms with van der Waals surface area (Å²) in [4.78, 5) is 0. The van der Waals surface area contributed by atoms with Gasteiger partial charge in [-0.25, -0.2) is 0 Å². The topological polar surface area (TPSA) is 42.2 Å².